The van der Waals surface area contributed by atoms with Crippen LogP contribution in [0.15, 0.2) is 18.2 Å². The van der Waals surface area contributed by atoms with Crippen LogP contribution in [0.4, 0.5) is 5.69 Å². The summed E-state index contributed by atoms with van der Waals surface area (Å²) < 4.78 is 0. The van der Waals surface area contributed by atoms with E-state index in [1.807, 2.05) is 0 Å². The first-order valence-electron chi connectivity index (χ1n) is 4.35. The molecule has 0 saturated heterocycles. The zero-order chi connectivity index (χ0) is 10.3. The van der Waals surface area contributed by atoms with Gasteiger partial charge in [-0.3, -0.25) is 0 Å². The number of hydrogen-bond donors (Lipinski definition) is 3. The molecular weight excluding hydrogens is 182 g/mol. The van der Waals surface area contributed by atoms with Gasteiger partial charge in [0.05, 0.1) is 0 Å². The quantitative estimate of drug-likeness (QED) is 0.626. The van der Waals surface area contributed by atoms with E-state index in [0.29, 0.717) is 17.7 Å². The summed E-state index contributed by atoms with van der Waals surface area (Å²) in [5.74, 6) is -0.756. The van der Waals surface area contributed by atoms with Crippen LogP contribution in [0.3, 0.4) is 0 Å². The predicted octanol–water partition coefficient (Wildman–Crippen LogP) is 1.20. The van der Waals surface area contributed by atoms with Crippen molar-refractivity contribution in [3.63, 3.8) is 0 Å². The highest BCUT2D eigenvalue weighted by Crippen LogP contribution is 2.37. The average molecular weight is 193 g/mol. The first-order valence-corrected chi connectivity index (χ1v) is 4.35. The Labute approximate surface area is 81.2 Å². The van der Waals surface area contributed by atoms with Gasteiger partial charge in [0.1, 0.15) is 11.3 Å². The Hall–Kier alpha value is -1.71. The Bertz CT molecular complexity index is 402. The Morgan fingerprint density at radius 1 is 1.57 bits per heavy atom. The molecule has 0 aromatic heterocycles. The van der Waals surface area contributed by atoms with E-state index < -0.39 is 11.5 Å². The van der Waals surface area contributed by atoms with Crippen molar-refractivity contribution >= 4 is 11.7 Å². The van der Waals surface area contributed by atoms with E-state index in [2.05, 4.69) is 5.32 Å². The molecule has 0 radical (unpaired) electrons. The molecule has 0 amide bonds. The van der Waals surface area contributed by atoms with Gasteiger partial charge >= 0.3 is 5.97 Å². The van der Waals surface area contributed by atoms with E-state index >= 15 is 0 Å². The molecule has 3 N–H and O–H groups in total. The molecule has 14 heavy (non-hydrogen) atoms. The fourth-order valence-electron chi connectivity index (χ4n) is 1.70. The van der Waals surface area contributed by atoms with Gasteiger partial charge in [0.15, 0.2) is 0 Å². The summed E-state index contributed by atoms with van der Waals surface area (Å²) in [6.45, 7) is 1.61. The number of carbonyl (C=O) groups is 1. The van der Waals surface area contributed by atoms with Gasteiger partial charge in [-0.25, -0.2) is 4.79 Å². The molecule has 2 rings (SSSR count). The minimum atomic E-state index is -0.999. The molecule has 0 fully saturated rings. The fourth-order valence-corrected chi connectivity index (χ4v) is 1.70. The van der Waals surface area contributed by atoms with Crippen molar-refractivity contribution in [2.45, 2.75) is 18.9 Å². The standard InChI is InChI=1S/C10H11NO3/c1-10(9(13)14)5-6-7(11-10)3-2-4-8(6)12/h2-4,11-12H,5H2,1H3,(H,13,14). The van der Waals surface area contributed by atoms with Crippen LogP contribution >= 0.6 is 0 Å². The first kappa shape index (κ1) is 8.87. The number of phenols is 1. The number of phenolic OH excluding ortho intramolecular Hbond substituents is 1. The summed E-state index contributed by atoms with van der Waals surface area (Å²) in [4.78, 5) is 11.0. The monoisotopic (exact) mass is 193 g/mol. The van der Waals surface area contributed by atoms with Crippen molar-refractivity contribution in [1.82, 2.24) is 0 Å². The normalized spacial score (nSPS) is 24.1. The third-order valence-corrected chi connectivity index (χ3v) is 2.56. The molecule has 4 nitrogen and oxygen atoms in total. The van der Waals surface area contributed by atoms with E-state index in [0.717, 1.165) is 0 Å². The first-order chi connectivity index (χ1) is 6.53. The molecule has 1 aliphatic heterocycles. The Balaban J connectivity index is 2.44. The largest absolute Gasteiger partial charge is 0.508 e. The molecule has 1 aliphatic rings. The van der Waals surface area contributed by atoms with E-state index in [4.69, 9.17) is 5.11 Å². The van der Waals surface area contributed by atoms with Gasteiger partial charge in [-0.15, -0.1) is 0 Å². The fraction of sp³-hybridized carbons (Fsp3) is 0.300. The number of rotatable bonds is 1. The second-order valence-electron chi connectivity index (χ2n) is 3.74. The van der Waals surface area contributed by atoms with Crippen LogP contribution in [-0.2, 0) is 11.2 Å². The molecule has 4 heteroatoms. The highest BCUT2D eigenvalue weighted by Gasteiger charge is 2.40. The summed E-state index contributed by atoms with van der Waals surface area (Å²) in [5.41, 5.74) is 0.383. The molecule has 1 atom stereocenters. The maximum atomic E-state index is 11.0. The third-order valence-electron chi connectivity index (χ3n) is 2.56. The number of aliphatic carboxylic acids is 1. The van der Waals surface area contributed by atoms with E-state index in [1.165, 1.54) is 0 Å². The third kappa shape index (κ3) is 1.11. The Morgan fingerprint density at radius 2 is 2.29 bits per heavy atom. The van der Waals surface area contributed by atoms with E-state index in [1.54, 1.807) is 25.1 Å². The summed E-state index contributed by atoms with van der Waals surface area (Å²) in [6, 6.07) is 5.02. The van der Waals surface area contributed by atoms with Gasteiger partial charge in [0, 0.05) is 17.7 Å². The van der Waals surface area contributed by atoms with Crippen LogP contribution in [0, 0.1) is 0 Å². The molecule has 1 heterocycles. The van der Waals surface area contributed by atoms with Crippen molar-refractivity contribution in [3.8, 4) is 5.75 Å². The molecule has 1 aromatic rings. The Kier molecular flexibility index (Phi) is 1.67. The molecule has 74 valence electrons. The number of nitrogens with one attached hydrogen (secondary N) is 1. The molecule has 0 saturated carbocycles. The average Bonchev–Trinajstić information content (AvgIpc) is 2.45. The second kappa shape index (κ2) is 2.64. The van der Waals surface area contributed by atoms with Gasteiger partial charge in [-0.1, -0.05) is 6.07 Å². The lowest BCUT2D eigenvalue weighted by Gasteiger charge is -2.18. The number of anilines is 1. The van der Waals surface area contributed by atoms with Crippen molar-refractivity contribution in [1.29, 1.82) is 0 Å². The highest BCUT2D eigenvalue weighted by molar-refractivity contribution is 5.86. The number of carboxylic acid groups (broad SMARTS) is 1. The molecular formula is C10H11NO3. The summed E-state index contributed by atoms with van der Waals surface area (Å²) in [6.07, 6.45) is 0.310. The lowest BCUT2D eigenvalue weighted by Crippen LogP contribution is -2.41. The molecule has 1 aromatic carbocycles. The second-order valence-corrected chi connectivity index (χ2v) is 3.74. The minimum absolute atomic E-state index is 0.153. The lowest BCUT2D eigenvalue weighted by molar-refractivity contribution is -0.141. The van der Waals surface area contributed by atoms with Crippen LogP contribution in [0.5, 0.6) is 5.75 Å². The summed E-state index contributed by atoms with van der Waals surface area (Å²) in [7, 11) is 0. The van der Waals surface area contributed by atoms with Crippen molar-refractivity contribution in [2.24, 2.45) is 0 Å². The van der Waals surface area contributed by atoms with Gasteiger partial charge in [-0.2, -0.15) is 0 Å². The molecule has 0 spiro atoms. The number of aromatic hydroxyl groups is 1. The minimum Gasteiger partial charge on any atom is -0.508 e. The smallest absolute Gasteiger partial charge is 0.329 e. The predicted molar refractivity (Wildman–Crippen MR) is 51.5 cm³/mol. The topological polar surface area (TPSA) is 69.6 Å². The molecule has 0 aliphatic carbocycles. The zero-order valence-electron chi connectivity index (χ0n) is 7.74. The number of benzene rings is 1. The van der Waals surface area contributed by atoms with Crippen LogP contribution in [0.2, 0.25) is 0 Å². The maximum absolute atomic E-state index is 11.0. The van der Waals surface area contributed by atoms with Gasteiger partial charge in [0.2, 0.25) is 0 Å². The van der Waals surface area contributed by atoms with Crippen molar-refractivity contribution in [2.75, 3.05) is 5.32 Å². The number of carboxylic acids is 1. The molecule has 1 unspecified atom stereocenters. The zero-order valence-corrected chi connectivity index (χ0v) is 7.74. The van der Waals surface area contributed by atoms with Crippen LogP contribution in [-0.4, -0.2) is 21.7 Å². The van der Waals surface area contributed by atoms with E-state index in [-0.39, 0.29) is 5.75 Å². The van der Waals surface area contributed by atoms with E-state index in [9.17, 15) is 9.90 Å². The van der Waals surface area contributed by atoms with Crippen molar-refractivity contribution < 1.29 is 15.0 Å². The van der Waals surface area contributed by atoms with Crippen LogP contribution in [0.25, 0.3) is 0 Å². The molecule has 0 bridgehead atoms. The summed E-state index contributed by atoms with van der Waals surface area (Å²) >= 11 is 0. The Morgan fingerprint density at radius 3 is 2.86 bits per heavy atom. The SMILES string of the molecule is CC1(C(=O)O)Cc2c(O)cccc2N1. The summed E-state index contributed by atoms with van der Waals surface area (Å²) in [5, 5.41) is 21.4. The van der Waals surface area contributed by atoms with Gasteiger partial charge in [0.25, 0.3) is 0 Å². The number of fused-ring (bicyclic) bond motifs is 1. The lowest BCUT2D eigenvalue weighted by atomic mass is 9.98. The van der Waals surface area contributed by atoms with Crippen molar-refractivity contribution in [3.05, 3.63) is 23.8 Å². The van der Waals surface area contributed by atoms with Gasteiger partial charge < -0.3 is 15.5 Å². The van der Waals surface area contributed by atoms with Crippen LogP contribution < -0.4 is 5.32 Å². The highest BCUT2D eigenvalue weighted by atomic mass is 16.4. The van der Waals surface area contributed by atoms with Crippen LogP contribution in [0.1, 0.15) is 12.5 Å². The van der Waals surface area contributed by atoms with Gasteiger partial charge in [-0.05, 0) is 19.1 Å². The maximum Gasteiger partial charge on any atom is 0.329 e. The number of hydrogen-bond acceptors (Lipinski definition) is 3.